The van der Waals surface area contributed by atoms with Crippen molar-refractivity contribution in [3.05, 3.63) is 34.9 Å². The van der Waals surface area contributed by atoms with Crippen molar-refractivity contribution in [3.63, 3.8) is 0 Å². The summed E-state index contributed by atoms with van der Waals surface area (Å²) in [5.74, 6) is 0. The van der Waals surface area contributed by atoms with Crippen LogP contribution in [0.15, 0.2) is 18.2 Å². The normalized spacial score (nSPS) is 25.3. The van der Waals surface area contributed by atoms with Gasteiger partial charge in [0, 0.05) is 25.7 Å². The zero-order valence-electron chi connectivity index (χ0n) is 11.4. The minimum absolute atomic E-state index is 0.222. The SMILES string of the molecule is NC1CCCc2cc(CN3CCC(F)CC3)ccc21. The van der Waals surface area contributed by atoms with E-state index in [2.05, 4.69) is 23.1 Å². The number of fused-ring (bicyclic) bond motifs is 1. The summed E-state index contributed by atoms with van der Waals surface area (Å²) in [5, 5.41) is 0. The van der Waals surface area contributed by atoms with Crippen LogP contribution in [-0.4, -0.2) is 24.2 Å². The highest BCUT2D eigenvalue weighted by Crippen LogP contribution is 2.29. The number of aryl methyl sites for hydroxylation is 1. The monoisotopic (exact) mass is 262 g/mol. The molecule has 1 aromatic carbocycles. The minimum Gasteiger partial charge on any atom is -0.324 e. The molecule has 0 aromatic heterocycles. The Hall–Kier alpha value is -0.930. The molecule has 1 heterocycles. The summed E-state index contributed by atoms with van der Waals surface area (Å²) in [4.78, 5) is 2.36. The molecule has 2 nitrogen and oxygen atoms in total. The van der Waals surface area contributed by atoms with Crippen molar-refractivity contribution in [2.24, 2.45) is 5.73 Å². The molecule has 1 aliphatic heterocycles. The number of likely N-dealkylation sites (tertiary alicyclic amines) is 1. The number of rotatable bonds is 2. The maximum atomic E-state index is 13.1. The van der Waals surface area contributed by atoms with Crippen molar-refractivity contribution in [2.45, 2.75) is 50.9 Å². The van der Waals surface area contributed by atoms with Crippen molar-refractivity contribution in [1.29, 1.82) is 0 Å². The lowest BCUT2D eigenvalue weighted by atomic mass is 9.87. The van der Waals surface area contributed by atoms with Crippen LogP contribution in [0, 0.1) is 0 Å². The van der Waals surface area contributed by atoms with Gasteiger partial charge >= 0.3 is 0 Å². The van der Waals surface area contributed by atoms with Crippen molar-refractivity contribution >= 4 is 0 Å². The Balaban J connectivity index is 1.68. The second kappa shape index (κ2) is 5.59. The van der Waals surface area contributed by atoms with Gasteiger partial charge in [-0.05, 0) is 48.8 Å². The van der Waals surface area contributed by atoms with Gasteiger partial charge in [-0.25, -0.2) is 4.39 Å². The van der Waals surface area contributed by atoms with Gasteiger partial charge in [0.25, 0.3) is 0 Å². The van der Waals surface area contributed by atoms with Crippen LogP contribution < -0.4 is 5.73 Å². The molecule has 19 heavy (non-hydrogen) atoms. The van der Waals surface area contributed by atoms with Gasteiger partial charge in [-0.15, -0.1) is 0 Å². The Morgan fingerprint density at radius 1 is 1.21 bits per heavy atom. The van der Waals surface area contributed by atoms with Gasteiger partial charge in [0.15, 0.2) is 0 Å². The Bertz CT molecular complexity index is 438. The summed E-state index contributed by atoms with van der Waals surface area (Å²) in [6.45, 7) is 2.73. The number of nitrogens with zero attached hydrogens (tertiary/aromatic N) is 1. The molecule has 0 amide bonds. The van der Waals surface area contributed by atoms with E-state index in [1.165, 1.54) is 23.1 Å². The lowest BCUT2D eigenvalue weighted by molar-refractivity contribution is 0.145. The zero-order valence-corrected chi connectivity index (χ0v) is 11.4. The molecule has 104 valence electrons. The number of piperidine rings is 1. The standard InChI is InChI=1S/C16H23FN2/c17-14-6-8-19(9-7-14)11-12-4-5-15-13(10-12)2-1-3-16(15)18/h4-5,10,14,16H,1-3,6-9,11,18H2. The van der Waals surface area contributed by atoms with E-state index in [4.69, 9.17) is 5.73 Å². The quantitative estimate of drug-likeness (QED) is 0.888. The van der Waals surface area contributed by atoms with Gasteiger partial charge < -0.3 is 5.73 Å². The second-order valence-corrected chi connectivity index (χ2v) is 5.98. The van der Waals surface area contributed by atoms with Crippen LogP contribution in [0.25, 0.3) is 0 Å². The summed E-state index contributed by atoms with van der Waals surface area (Å²) in [6.07, 6.45) is 4.26. The maximum absolute atomic E-state index is 13.1. The van der Waals surface area contributed by atoms with Crippen molar-refractivity contribution in [3.8, 4) is 0 Å². The first-order valence-electron chi connectivity index (χ1n) is 7.46. The third kappa shape index (κ3) is 2.98. The summed E-state index contributed by atoms with van der Waals surface area (Å²) in [5.41, 5.74) is 10.3. The molecule has 0 radical (unpaired) electrons. The van der Waals surface area contributed by atoms with Crippen LogP contribution in [0.3, 0.4) is 0 Å². The van der Waals surface area contributed by atoms with Gasteiger partial charge in [0.05, 0.1) is 0 Å². The van der Waals surface area contributed by atoms with Crippen LogP contribution in [-0.2, 0) is 13.0 Å². The summed E-state index contributed by atoms with van der Waals surface area (Å²) >= 11 is 0. The van der Waals surface area contributed by atoms with Crippen LogP contribution in [0.1, 0.15) is 48.4 Å². The fraction of sp³-hybridized carbons (Fsp3) is 0.625. The molecular formula is C16H23FN2. The van der Waals surface area contributed by atoms with Gasteiger partial charge in [0.2, 0.25) is 0 Å². The number of hydrogen-bond donors (Lipinski definition) is 1. The molecule has 0 bridgehead atoms. The summed E-state index contributed by atoms with van der Waals surface area (Å²) < 4.78 is 13.1. The molecule has 3 heteroatoms. The molecule has 1 fully saturated rings. The molecule has 3 rings (SSSR count). The number of halogens is 1. The van der Waals surface area contributed by atoms with E-state index >= 15 is 0 Å². The fourth-order valence-corrected chi connectivity index (χ4v) is 3.32. The van der Waals surface area contributed by atoms with E-state index in [9.17, 15) is 4.39 Å². The lowest BCUT2D eigenvalue weighted by Crippen LogP contribution is -2.33. The molecule has 2 aliphatic rings. The van der Waals surface area contributed by atoms with E-state index in [0.717, 1.165) is 32.5 Å². The molecule has 2 N–H and O–H groups in total. The third-order valence-corrected chi connectivity index (χ3v) is 4.49. The van der Waals surface area contributed by atoms with Crippen molar-refractivity contribution < 1.29 is 4.39 Å². The average Bonchev–Trinajstić information content (AvgIpc) is 2.42. The first-order chi connectivity index (χ1) is 9.22. The zero-order chi connectivity index (χ0) is 13.2. The Morgan fingerprint density at radius 3 is 2.79 bits per heavy atom. The Kier molecular flexibility index (Phi) is 3.85. The number of nitrogens with two attached hydrogens (primary N) is 1. The van der Waals surface area contributed by atoms with Gasteiger partial charge in [0.1, 0.15) is 6.17 Å². The van der Waals surface area contributed by atoms with Crippen molar-refractivity contribution in [1.82, 2.24) is 4.90 Å². The molecule has 0 saturated carbocycles. The average molecular weight is 262 g/mol. The summed E-state index contributed by atoms with van der Waals surface area (Å²) in [6, 6.07) is 6.94. The molecule has 0 spiro atoms. The van der Waals surface area contributed by atoms with E-state index in [-0.39, 0.29) is 6.04 Å². The van der Waals surface area contributed by atoms with Crippen molar-refractivity contribution in [2.75, 3.05) is 13.1 Å². The second-order valence-electron chi connectivity index (χ2n) is 5.98. The summed E-state index contributed by atoms with van der Waals surface area (Å²) in [7, 11) is 0. The van der Waals surface area contributed by atoms with Gasteiger partial charge in [-0.1, -0.05) is 18.2 Å². The highest BCUT2D eigenvalue weighted by atomic mass is 19.1. The van der Waals surface area contributed by atoms with E-state index in [1.807, 2.05) is 0 Å². The van der Waals surface area contributed by atoms with Crippen LogP contribution in [0.4, 0.5) is 4.39 Å². The molecule has 1 unspecified atom stereocenters. The minimum atomic E-state index is -0.585. The molecule has 1 saturated heterocycles. The Morgan fingerprint density at radius 2 is 2.00 bits per heavy atom. The number of hydrogen-bond acceptors (Lipinski definition) is 2. The molecule has 1 atom stereocenters. The first-order valence-corrected chi connectivity index (χ1v) is 7.46. The van der Waals surface area contributed by atoms with E-state index in [0.29, 0.717) is 12.8 Å². The number of benzene rings is 1. The topological polar surface area (TPSA) is 29.3 Å². The number of alkyl halides is 1. The molecule has 1 aliphatic carbocycles. The van der Waals surface area contributed by atoms with Gasteiger partial charge in [-0.3, -0.25) is 4.90 Å². The van der Waals surface area contributed by atoms with E-state index in [1.54, 1.807) is 0 Å². The maximum Gasteiger partial charge on any atom is 0.103 e. The molecular weight excluding hydrogens is 239 g/mol. The highest BCUT2D eigenvalue weighted by Gasteiger charge is 2.20. The first kappa shape index (κ1) is 13.1. The van der Waals surface area contributed by atoms with Crippen LogP contribution >= 0.6 is 0 Å². The predicted molar refractivity (Wildman–Crippen MR) is 75.7 cm³/mol. The van der Waals surface area contributed by atoms with Gasteiger partial charge in [-0.2, -0.15) is 0 Å². The molecule has 1 aromatic rings. The fourth-order valence-electron chi connectivity index (χ4n) is 3.32. The largest absolute Gasteiger partial charge is 0.324 e. The highest BCUT2D eigenvalue weighted by molar-refractivity contribution is 5.36. The van der Waals surface area contributed by atoms with Crippen LogP contribution in [0.5, 0.6) is 0 Å². The predicted octanol–water partition coefficient (Wildman–Crippen LogP) is 2.96. The van der Waals surface area contributed by atoms with Crippen LogP contribution in [0.2, 0.25) is 0 Å². The third-order valence-electron chi connectivity index (χ3n) is 4.49. The smallest absolute Gasteiger partial charge is 0.103 e. The Labute approximate surface area is 114 Å². The van der Waals surface area contributed by atoms with E-state index < -0.39 is 6.17 Å². The lowest BCUT2D eigenvalue weighted by Gasteiger charge is -2.29.